The number of halogens is 1. The predicted molar refractivity (Wildman–Crippen MR) is 125 cm³/mol. The third kappa shape index (κ3) is 5.13. The normalized spacial score (nSPS) is 14.6. The summed E-state index contributed by atoms with van der Waals surface area (Å²) in [5.74, 6) is 0.488. The molecule has 0 unspecified atom stereocenters. The van der Waals surface area contributed by atoms with Crippen molar-refractivity contribution in [1.82, 2.24) is 24.0 Å². The fraction of sp³-hybridized carbons (Fsp3) is 0.417. The summed E-state index contributed by atoms with van der Waals surface area (Å²) in [4.78, 5) is 35.7. The van der Waals surface area contributed by atoms with Crippen LogP contribution < -0.4 is 11.0 Å². The van der Waals surface area contributed by atoms with Crippen molar-refractivity contribution in [3.63, 3.8) is 0 Å². The Morgan fingerprint density at radius 1 is 1.18 bits per heavy atom. The lowest BCUT2D eigenvalue weighted by atomic mass is 10.1. The molecule has 0 spiro atoms. The van der Waals surface area contributed by atoms with Crippen molar-refractivity contribution in [2.45, 2.75) is 46.2 Å². The van der Waals surface area contributed by atoms with E-state index in [0.29, 0.717) is 42.7 Å². The number of rotatable bonds is 6. The van der Waals surface area contributed by atoms with Gasteiger partial charge in [0.05, 0.1) is 17.1 Å². The maximum Gasteiger partial charge on any atom is 0.333 e. The number of benzene rings is 1. The van der Waals surface area contributed by atoms with Gasteiger partial charge in [0.1, 0.15) is 5.82 Å². The summed E-state index contributed by atoms with van der Waals surface area (Å²) in [7, 11) is 0. The van der Waals surface area contributed by atoms with E-state index in [1.807, 2.05) is 18.7 Å². The molecular formula is C24H29FN6O2. The van der Waals surface area contributed by atoms with Crippen LogP contribution in [0.1, 0.15) is 33.6 Å². The van der Waals surface area contributed by atoms with Gasteiger partial charge in [-0.15, -0.1) is 0 Å². The van der Waals surface area contributed by atoms with Gasteiger partial charge < -0.3 is 10.2 Å². The molecule has 1 saturated heterocycles. The molecule has 0 bridgehead atoms. The van der Waals surface area contributed by atoms with Crippen LogP contribution in [-0.4, -0.2) is 49.0 Å². The van der Waals surface area contributed by atoms with Crippen LogP contribution in [0.4, 0.5) is 10.3 Å². The molecule has 0 saturated carbocycles. The summed E-state index contributed by atoms with van der Waals surface area (Å²) in [6, 6.07) is 7.78. The first kappa shape index (κ1) is 22.7. The Hall–Kier alpha value is -3.49. The molecule has 9 heteroatoms. The average Bonchev–Trinajstić information content (AvgIpc) is 3.10. The highest BCUT2D eigenvalue weighted by molar-refractivity contribution is 5.73. The summed E-state index contributed by atoms with van der Waals surface area (Å²) >= 11 is 0. The lowest BCUT2D eigenvalue weighted by Gasteiger charge is -2.31. The fourth-order valence-electron chi connectivity index (χ4n) is 4.13. The van der Waals surface area contributed by atoms with Crippen LogP contribution in [0.15, 0.2) is 47.5 Å². The molecule has 4 rings (SSSR count). The fourth-order valence-corrected chi connectivity index (χ4v) is 4.13. The quantitative estimate of drug-likeness (QED) is 0.620. The zero-order chi connectivity index (χ0) is 23.5. The first-order valence-electron chi connectivity index (χ1n) is 11.3. The van der Waals surface area contributed by atoms with Crippen molar-refractivity contribution in [2.24, 2.45) is 5.92 Å². The minimum atomic E-state index is -0.362. The van der Waals surface area contributed by atoms with Gasteiger partial charge in [-0.1, -0.05) is 13.8 Å². The molecule has 3 aromatic rings. The van der Waals surface area contributed by atoms with Crippen LogP contribution >= 0.6 is 0 Å². The molecule has 1 aliphatic rings. The number of nitrogens with one attached hydrogen (secondary N) is 1. The lowest BCUT2D eigenvalue weighted by molar-refractivity contribution is -0.129. The number of nitrogens with zero attached hydrogens (tertiary/aromatic N) is 5. The summed E-state index contributed by atoms with van der Waals surface area (Å²) in [5, 5.41) is 3.37. The van der Waals surface area contributed by atoms with Crippen LogP contribution in [0.5, 0.6) is 0 Å². The van der Waals surface area contributed by atoms with E-state index in [4.69, 9.17) is 0 Å². The number of hydrogen-bond donors (Lipinski definition) is 1. The Morgan fingerprint density at radius 3 is 2.52 bits per heavy atom. The molecule has 1 N–H and O–H groups in total. The topological polar surface area (TPSA) is 85.0 Å². The highest BCUT2D eigenvalue weighted by atomic mass is 19.1. The first-order chi connectivity index (χ1) is 15.8. The number of aromatic nitrogens is 4. The van der Waals surface area contributed by atoms with Gasteiger partial charge in [0.15, 0.2) is 0 Å². The molecule has 0 radical (unpaired) electrons. The number of likely N-dealkylation sites (tertiary alicyclic amines) is 1. The van der Waals surface area contributed by atoms with E-state index >= 15 is 0 Å². The van der Waals surface area contributed by atoms with Crippen LogP contribution in [-0.2, 0) is 11.3 Å². The van der Waals surface area contributed by atoms with Gasteiger partial charge in [-0.3, -0.25) is 13.9 Å². The predicted octanol–water partition coefficient (Wildman–Crippen LogP) is 3.31. The van der Waals surface area contributed by atoms with Crippen molar-refractivity contribution in [2.75, 3.05) is 18.4 Å². The monoisotopic (exact) mass is 452 g/mol. The SMILES string of the molecule is CC(=O)N1CCC(Nc2nccc(-c3cn(CC(C)C)c(=O)n3-c3ccc(F)cc3)n2)CC1. The molecule has 0 atom stereocenters. The first-order valence-corrected chi connectivity index (χ1v) is 11.3. The molecule has 2 aromatic heterocycles. The van der Waals surface area contributed by atoms with Crippen LogP contribution in [0.25, 0.3) is 17.1 Å². The number of carbonyl (C=O) groups excluding carboxylic acids is 1. The van der Waals surface area contributed by atoms with Gasteiger partial charge in [-0.2, -0.15) is 0 Å². The van der Waals surface area contributed by atoms with E-state index in [1.54, 1.807) is 46.7 Å². The molecule has 0 aliphatic carbocycles. The maximum absolute atomic E-state index is 13.5. The van der Waals surface area contributed by atoms with Crippen molar-refractivity contribution in [3.8, 4) is 17.1 Å². The number of carbonyl (C=O) groups is 1. The van der Waals surface area contributed by atoms with Crippen LogP contribution in [0.3, 0.4) is 0 Å². The third-order valence-corrected chi connectivity index (χ3v) is 5.79. The van der Waals surface area contributed by atoms with Crippen LogP contribution in [0.2, 0.25) is 0 Å². The van der Waals surface area contributed by atoms with Crippen molar-refractivity contribution >= 4 is 11.9 Å². The Bertz CT molecular complexity index is 1180. The molecule has 174 valence electrons. The van der Waals surface area contributed by atoms with Crippen LogP contribution in [0, 0.1) is 11.7 Å². The molecule has 1 fully saturated rings. The van der Waals surface area contributed by atoms with Crippen molar-refractivity contribution in [3.05, 3.63) is 59.0 Å². The van der Waals surface area contributed by atoms with Crippen molar-refractivity contribution < 1.29 is 9.18 Å². The number of piperidine rings is 1. The van der Waals surface area contributed by atoms with Gasteiger partial charge in [0.2, 0.25) is 11.9 Å². The maximum atomic E-state index is 13.5. The average molecular weight is 453 g/mol. The van der Waals surface area contributed by atoms with Gasteiger partial charge in [0, 0.05) is 45.0 Å². The second-order valence-corrected chi connectivity index (χ2v) is 8.85. The van der Waals surface area contributed by atoms with E-state index < -0.39 is 0 Å². The minimum absolute atomic E-state index is 0.0939. The number of anilines is 1. The van der Waals surface area contributed by atoms with Gasteiger partial charge in [-0.05, 0) is 49.1 Å². The lowest BCUT2D eigenvalue weighted by Crippen LogP contribution is -2.41. The Balaban J connectivity index is 1.65. The Morgan fingerprint density at radius 2 is 1.88 bits per heavy atom. The molecule has 1 amide bonds. The summed E-state index contributed by atoms with van der Waals surface area (Å²) in [6.45, 7) is 7.65. The zero-order valence-corrected chi connectivity index (χ0v) is 19.2. The highest BCUT2D eigenvalue weighted by Gasteiger charge is 2.22. The molecular weight excluding hydrogens is 423 g/mol. The smallest absolute Gasteiger partial charge is 0.333 e. The Kier molecular flexibility index (Phi) is 6.57. The molecule has 1 aliphatic heterocycles. The molecule has 8 nitrogen and oxygen atoms in total. The number of imidazole rings is 1. The van der Waals surface area contributed by atoms with E-state index in [-0.39, 0.29) is 29.4 Å². The molecule has 33 heavy (non-hydrogen) atoms. The highest BCUT2D eigenvalue weighted by Crippen LogP contribution is 2.22. The van der Waals surface area contributed by atoms with E-state index in [9.17, 15) is 14.0 Å². The second-order valence-electron chi connectivity index (χ2n) is 8.85. The standard InChI is InChI=1S/C24H29FN6O2/c1-16(2)14-30-15-22(31(24(30)33)20-6-4-18(25)5-7-20)21-8-11-26-23(28-21)27-19-9-12-29(13-10-19)17(3)32/h4-8,11,15-16,19H,9-10,12-14H2,1-3H3,(H,26,27,28). The van der Waals surface area contributed by atoms with Gasteiger partial charge in [-0.25, -0.2) is 19.2 Å². The summed E-state index contributed by atoms with van der Waals surface area (Å²) < 4.78 is 16.7. The van der Waals surface area contributed by atoms with E-state index in [1.165, 1.54) is 12.1 Å². The van der Waals surface area contributed by atoms with Gasteiger partial charge >= 0.3 is 5.69 Å². The Labute approximate surface area is 192 Å². The largest absolute Gasteiger partial charge is 0.351 e. The summed E-state index contributed by atoms with van der Waals surface area (Å²) in [6.07, 6.45) is 5.09. The molecule has 1 aromatic carbocycles. The summed E-state index contributed by atoms with van der Waals surface area (Å²) in [5.41, 5.74) is 1.58. The molecule has 3 heterocycles. The van der Waals surface area contributed by atoms with Gasteiger partial charge in [0.25, 0.3) is 0 Å². The second kappa shape index (κ2) is 9.56. The number of hydrogen-bond acceptors (Lipinski definition) is 5. The van der Waals surface area contributed by atoms with Crippen molar-refractivity contribution in [1.29, 1.82) is 0 Å². The minimum Gasteiger partial charge on any atom is -0.351 e. The van der Waals surface area contributed by atoms with E-state index in [0.717, 1.165) is 12.8 Å². The van der Waals surface area contributed by atoms with E-state index in [2.05, 4.69) is 15.3 Å². The number of amides is 1. The third-order valence-electron chi connectivity index (χ3n) is 5.79. The zero-order valence-electron chi connectivity index (χ0n) is 19.2.